The lowest BCUT2D eigenvalue weighted by atomic mass is 9.58. The summed E-state index contributed by atoms with van der Waals surface area (Å²) in [4.78, 5) is 10.6. The number of nitrogens with two attached hydrogens (primary N) is 1. The third-order valence-electron chi connectivity index (χ3n) is 10.0. The molecule has 7 nitrogen and oxygen atoms in total. The first-order chi connectivity index (χ1) is 17.2. The van der Waals surface area contributed by atoms with Gasteiger partial charge in [0.1, 0.15) is 6.10 Å². The lowest BCUT2D eigenvalue weighted by molar-refractivity contribution is -0.161. The van der Waals surface area contributed by atoms with E-state index >= 15 is 0 Å². The number of ether oxygens (including phenoxy) is 1. The summed E-state index contributed by atoms with van der Waals surface area (Å²) >= 11 is 0. The molecule has 2 spiro atoms. The van der Waals surface area contributed by atoms with Gasteiger partial charge in [-0.1, -0.05) is 31.2 Å². The first-order valence-electron chi connectivity index (χ1n) is 13.1. The van der Waals surface area contributed by atoms with Gasteiger partial charge in [-0.15, -0.1) is 0 Å². The van der Waals surface area contributed by atoms with Crippen LogP contribution >= 0.6 is 0 Å². The fourth-order valence-electron chi connectivity index (χ4n) is 8.16. The van der Waals surface area contributed by atoms with Crippen molar-refractivity contribution in [3.05, 3.63) is 59.3 Å². The lowest BCUT2D eigenvalue weighted by Gasteiger charge is -2.55. The van der Waals surface area contributed by atoms with Crippen LogP contribution in [0.15, 0.2) is 53.8 Å². The van der Waals surface area contributed by atoms with Crippen LogP contribution in [-0.2, 0) is 4.74 Å². The molecule has 2 bridgehead atoms. The smallest absolute Gasteiger partial charge is 0.220 e. The van der Waals surface area contributed by atoms with Crippen molar-refractivity contribution in [1.82, 2.24) is 14.9 Å². The first kappa shape index (κ1) is 22.6. The highest BCUT2D eigenvalue weighted by molar-refractivity contribution is 5.85. The Morgan fingerprint density at radius 1 is 1.17 bits per heavy atom. The summed E-state index contributed by atoms with van der Waals surface area (Å²) in [6, 6.07) is 6.23. The van der Waals surface area contributed by atoms with Crippen LogP contribution in [0.1, 0.15) is 44.6 Å². The lowest BCUT2D eigenvalue weighted by Crippen LogP contribution is -2.61. The normalized spacial score (nSPS) is 40.9. The number of aliphatic hydroxyl groups excluding tert-OH is 2. The largest absolute Gasteiger partial charge is 0.388 e. The van der Waals surface area contributed by atoms with Gasteiger partial charge >= 0.3 is 0 Å². The minimum atomic E-state index is -0.900. The van der Waals surface area contributed by atoms with E-state index in [0.717, 1.165) is 42.2 Å². The summed E-state index contributed by atoms with van der Waals surface area (Å²) in [6.07, 6.45) is 11.4. The molecule has 36 heavy (non-hydrogen) atoms. The molecule has 5 aliphatic rings. The molecule has 1 saturated heterocycles. The Hall–Kier alpha value is -2.58. The predicted octanol–water partition coefficient (Wildman–Crippen LogP) is 3.24. The van der Waals surface area contributed by atoms with Crippen molar-refractivity contribution in [2.45, 2.75) is 68.5 Å². The molecule has 1 saturated carbocycles. The summed E-state index contributed by atoms with van der Waals surface area (Å²) in [5.41, 5.74) is 10.3. The second kappa shape index (κ2) is 7.25. The Kier molecular flexibility index (Phi) is 4.56. The van der Waals surface area contributed by atoms with Crippen LogP contribution in [0.2, 0.25) is 0 Å². The van der Waals surface area contributed by atoms with Gasteiger partial charge in [-0.05, 0) is 80.6 Å². The van der Waals surface area contributed by atoms with E-state index in [9.17, 15) is 10.2 Å². The van der Waals surface area contributed by atoms with Crippen LogP contribution in [-0.4, -0.2) is 68.6 Å². The molecule has 7 heteroatoms. The molecule has 2 aromatic rings. The van der Waals surface area contributed by atoms with Gasteiger partial charge in [-0.2, -0.15) is 0 Å². The summed E-state index contributed by atoms with van der Waals surface area (Å²) < 4.78 is 7.22. The van der Waals surface area contributed by atoms with Gasteiger partial charge in [0.25, 0.3) is 0 Å². The van der Waals surface area contributed by atoms with Crippen molar-refractivity contribution >= 4 is 22.4 Å². The van der Waals surface area contributed by atoms with E-state index in [-0.39, 0.29) is 17.1 Å². The van der Waals surface area contributed by atoms with Crippen molar-refractivity contribution in [1.29, 1.82) is 0 Å². The molecule has 1 aromatic heterocycles. The van der Waals surface area contributed by atoms with Gasteiger partial charge < -0.3 is 25.6 Å². The molecular weight excluding hydrogens is 452 g/mol. The summed E-state index contributed by atoms with van der Waals surface area (Å²) in [7, 11) is 3.94. The van der Waals surface area contributed by atoms with Crippen LogP contribution in [0.3, 0.4) is 0 Å². The molecule has 3 heterocycles. The molecule has 0 amide bonds. The minimum Gasteiger partial charge on any atom is -0.388 e. The highest BCUT2D eigenvalue weighted by atomic mass is 16.5. The summed E-state index contributed by atoms with van der Waals surface area (Å²) in [5.74, 6) is 0.609. The Labute approximate surface area is 211 Å². The average molecular weight is 487 g/mol. The SMILES string of the molecule is CN(C)C1CC23CCC4(O2)C(=CCC2(C)C(c5ccc6nc(N)ncc6c5)=CCC24)C=C3C(O)C1O. The van der Waals surface area contributed by atoms with Crippen molar-refractivity contribution < 1.29 is 14.9 Å². The van der Waals surface area contributed by atoms with Gasteiger partial charge in [0.2, 0.25) is 5.95 Å². The van der Waals surface area contributed by atoms with Crippen molar-refractivity contribution in [3.63, 3.8) is 0 Å². The van der Waals surface area contributed by atoms with Crippen LogP contribution in [0, 0.1) is 11.3 Å². The standard InChI is InChI=1S/C29H34N4O3/c1-27-9-8-18-13-20-24(34)25(35)22(33(2)3)14-28(20)10-11-29(18,36-28)23(27)7-5-19(27)16-4-6-21-17(12-16)15-31-26(30)32-21/h4-6,8,12-13,15,22-25,34-35H,7,9-11,14H2,1-3H3,(H2,30,31,32). The van der Waals surface area contributed by atoms with Crippen LogP contribution in [0.25, 0.3) is 16.5 Å². The van der Waals surface area contributed by atoms with Gasteiger partial charge in [-0.3, -0.25) is 0 Å². The highest BCUT2D eigenvalue weighted by Crippen LogP contribution is 2.67. The third-order valence-corrected chi connectivity index (χ3v) is 10.0. The topological polar surface area (TPSA) is 105 Å². The maximum Gasteiger partial charge on any atom is 0.220 e. The molecule has 2 fully saturated rings. The van der Waals surface area contributed by atoms with Crippen LogP contribution < -0.4 is 5.73 Å². The van der Waals surface area contributed by atoms with E-state index in [1.807, 2.05) is 25.1 Å². The second-order valence-electron chi connectivity index (χ2n) is 11.9. The highest BCUT2D eigenvalue weighted by Gasteiger charge is 2.67. The van der Waals surface area contributed by atoms with Crippen LogP contribution in [0.5, 0.6) is 0 Å². The number of aliphatic hydroxyl groups is 2. The molecular formula is C29H34N4O3. The Bertz CT molecular complexity index is 1380. The monoisotopic (exact) mass is 486 g/mol. The van der Waals surface area contributed by atoms with Gasteiger partial charge in [-0.25, -0.2) is 9.97 Å². The molecule has 2 aliphatic heterocycles. The molecule has 188 valence electrons. The Morgan fingerprint density at radius 3 is 2.81 bits per heavy atom. The third kappa shape index (κ3) is 2.77. The minimum absolute atomic E-state index is 0.0591. The number of benzene rings is 1. The van der Waals surface area contributed by atoms with E-state index in [0.29, 0.717) is 18.3 Å². The van der Waals surface area contributed by atoms with E-state index in [1.165, 1.54) is 16.7 Å². The number of anilines is 1. The molecule has 3 aliphatic carbocycles. The zero-order chi connectivity index (χ0) is 25.0. The molecule has 4 N–H and O–H groups in total. The van der Waals surface area contributed by atoms with Crippen molar-refractivity contribution in [3.8, 4) is 0 Å². The molecule has 7 unspecified atom stereocenters. The molecule has 7 rings (SSSR count). The van der Waals surface area contributed by atoms with Crippen LogP contribution in [0.4, 0.5) is 5.95 Å². The number of hydrogen-bond donors (Lipinski definition) is 3. The number of rotatable bonds is 2. The molecule has 1 aromatic carbocycles. The predicted molar refractivity (Wildman–Crippen MR) is 139 cm³/mol. The van der Waals surface area contributed by atoms with E-state index in [2.05, 4.69) is 47.3 Å². The number of hydrogen-bond acceptors (Lipinski definition) is 7. The summed E-state index contributed by atoms with van der Waals surface area (Å²) in [5, 5.41) is 23.0. The number of aromatic nitrogens is 2. The van der Waals surface area contributed by atoms with E-state index in [4.69, 9.17) is 10.5 Å². The Morgan fingerprint density at radius 2 is 2.00 bits per heavy atom. The fourth-order valence-corrected chi connectivity index (χ4v) is 8.16. The van der Waals surface area contributed by atoms with Crippen molar-refractivity contribution in [2.24, 2.45) is 11.3 Å². The van der Waals surface area contributed by atoms with Gasteiger partial charge in [0.15, 0.2) is 0 Å². The zero-order valence-corrected chi connectivity index (χ0v) is 21.1. The number of nitrogens with zero attached hydrogens (tertiary/aromatic N) is 3. The number of fused-ring (bicyclic) bond motifs is 2. The van der Waals surface area contributed by atoms with Gasteiger partial charge in [0.05, 0.1) is 22.8 Å². The molecule has 7 atom stereocenters. The zero-order valence-electron chi connectivity index (χ0n) is 21.1. The quantitative estimate of drug-likeness (QED) is 0.599. The van der Waals surface area contributed by atoms with E-state index < -0.39 is 17.8 Å². The average Bonchev–Trinajstić information content (AvgIpc) is 3.37. The Balaban J connectivity index is 1.29. The fraction of sp³-hybridized carbons (Fsp3) is 0.517. The van der Waals surface area contributed by atoms with E-state index in [1.54, 1.807) is 6.20 Å². The maximum absolute atomic E-state index is 11.1. The number of nitrogen functional groups attached to an aromatic ring is 1. The molecule has 0 radical (unpaired) electrons. The van der Waals surface area contributed by atoms with Gasteiger partial charge in [0, 0.05) is 29.0 Å². The maximum atomic E-state index is 11.1. The second-order valence-corrected chi connectivity index (χ2v) is 11.9. The summed E-state index contributed by atoms with van der Waals surface area (Å²) in [6.45, 7) is 2.39. The number of allylic oxidation sites excluding steroid dienone is 3. The number of likely N-dealkylation sites (N-methyl/N-ethyl adjacent to an activating group) is 1. The van der Waals surface area contributed by atoms with Crippen molar-refractivity contribution in [2.75, 3.05) is 19.8 Å². The first-order valence-corrected chi connectivity index (χ1v) is 13.1.